The largest absolute Gasteiger partial charge is 0.508 e. The number of hydrogen-bond donors (Lipinski definition) is 2. The van der Waals surface area contributed by atoms with Crippen LogP contribution >= 0.6 is 23.2 Å². The summed E-state index contributed by atoms with van der Waals surface area (Å²) in [7, 11) is 0. The Morgan fingerprint density at radius 2 is 1.80 bits per heavy atom. The molecule has 1 aliphatic rings. The average Bonchev–Trinajstić information content (AvgIpc) is 2.76. The molecular weight excluding hydrogens is 419 g/mol. The van der Waals surface area contributed by atoms with Gasteiger partial charge in [-0.15, -0.1) is 0 Å². The summed E-state index contributed by atoms with van der Waals surface area (Å²) >= 11 is 12.4. The lowest BCUT2D eigenvalue weighted by Crippen LogP contribution is -2.33. The van der Waals surface area contributed by atoms with Crippen molar-refractivity contribution in [3.05, 3.63) is 93.5 Å². The first-order chi connectivity index (χ1) is 14.5. The summed E-state index contributed by atoms with van der Waals surface area (Å²) in [6.45, 7) is 2.58. The predicted molar refractivity (Wildman–Crippen MR) is 122 cm³/mol. The van der Waals surface area contributed by atoms with E-state index < -0.39 is 0 Å². The number of nitrogens with one attached hydrogen (secondary N) is 1. The number of benzene rings is 3. The molecule has 0 aromatic heterocycles. The van der Waals surface area contributed by atoms with Gasteiger partial charge in [0.05, 0.1) is 6.61 Å². The lowest BCUT2D eigenvalue weighted by molar-refractivity contribution is 0.340. The number of ether oxygens (including phenoxy) is 1. The molecule has 0 saturated heterocycles. The van der Waals surface area contributed by atoms with Crippen molar-refractivity contribution in [2.45, 2.75) is 25.6 Å². The van der Waals surface area contributed by atoms with Crippen LogP contribution in [0.25, 0.3) is 0 Å². The first-order valence-electron chi connectivity index (χ1n) is 9.83. The van der Waals surface area contributed by atoms with Gasteiger partial charge in [0.1, 0.15) is 17.7 Å². The maximum Gasteiger partial charge on any atom is 0.126 e. The smallest absolute Gasteiger partial charge is 0.126 e. The summed E-state index contributed by atoms with van der Waals surface area (Å²) in [5.74, 6) is 1.03. The first kappa shape index (κ1) is 20.7. The number of phenolic OH excluding ortho intramolecular Hbond substituents is 1. The van der Waals surface area contributed by atoms with Gasteiger partial charge >= 0.3 is 0 Å². The number of aliphatic imine (C=N–C) groups is 1. The van der Waals surface area contributed by atoms with E-state index in [2.05, 4.69) is 5.32 Å². The highest BCUT2D eigenvalue weighted by Crippen LogP contribution is 2.36. The zero-order valence-electron chi connectivity index (χ0n) is 16.5. The lowest BCUT2D eigenvalue weighted by Gasteiger charge is -2.31. The topological polar surface area (TPSA) is 53.8 Å². The fraction of sp³-hybridized carbons (Fsp3) is 0.208. The number of nitrogens with zero attached hydrogens (tertiary/aromatic N) is 1. The molecule has 2 N–H and O–H groups in total. The van der Waals surface area contributed by atoms with Crippen molar-refractivity contribution in [1.82, 2.24) is 5.32 Å². The van der Waals surface area contributed by atoms with Gasteiger partial charge in [-0.3, -0.25) is 10.3 Å². The second-order valence-corrected chi connectivity index (χ2v) is 7.99. The van der Waals surface area contributed by atoms with Gasteiger partial charge in [-0.05, 0) is 72.6 Å². The molecule has 0 bridgehead atoms. The Hall–Kier alpha value is -2.53. The van der Waals surface area contributed by atoms with Crippen LogP contribution in [-0.2, 0) is 0 Å². The Morgan fingerprint density at radius 1 is 1.03 bits per heavy atom. The van der Waals surface area contributed by atoms with Gasteiger partial charge in [0.2, 0.25) is 0 Å². The summed E-state index contributed by atoms with van der Waals surface area (Å²) in [6.07, 6.45) is 0.307. The van der Waals surface area contributed by atoms with Crippen molar-refractivity contribution in [1.29, 1.82) is 0 Å². The van der Waals surface area contributed by atoms with Crippen LogP contribution in [0.15, 0.2) is 71.7 Å². The Kier molecular flexibility index (Phi) is 6.28. The lowest BCUT2D eigenvalue weighted by atomic mass is 9.93. The van der Waals surface area contributed by atoms with Gasteiger partial charge in [-0.2, -0.15) is 0 Å². The molecule has 154 valence electrons. The molecule has 30 heavy (non-hydrogen) atoms. The molecule has 1 heterocycles. The molecule has 2 atom stereocenters. The summed E-state index contributed by atoms with van der Waals surface area (Å²) in [5.41, 5.74) is 3.65. The van der Waals surface area contributed by atoms with Crippen LogP contribution in [0, 0.1) is 0 Å². The van der Waals surface area contributed by atoms with Gasteiger partial charge in [0.25, 0.3) is 0 Å². The van der Waals surface area contributed by atoms with Crippen LogP contribution in [0.4, 0.5) is 0 Å². The number of hydrogen-bond acceptors (Lipinski definition) is 4. The van der Waals surface area contributed by atoms with Gasteiger partial charge in [-0.25, -0.2) is 0 Å². The zero-order valence-corrected chi connectivity index (χ0v) is 18.0. The molecule has 3 aromatic carbocycles. The molecule has 0 fully saturated rings. The van der Waals surface area contributed by atoms with E-state index in [9.17, 15) is 5.11 Å². The molecule has 4 rings (SSSR count). The van der Waals surface area contributed by atoms with Crippen LogP contribution < -0.4 is 10.1 Å². The summed E-state index contributed by atoms with van der Waals surface area (Å²) in [5, 5.41) is 15.2. The molecule has 6 heteroatoms. The highest BCUT2D eigenvalue weighted by Gasteiger charge is 2.28. The fourth-order valence-electron chi connectivity index (χ4n) is 3.64. The maximum atomic E-state index is 10.5. The Morgan fingerprint density at radius 3 is 2.53 bits per heavy atom. The molecule has 0 spiro atoms. The third-order valence-corrected chi connectivity index (χ3v) is 5.54. The first-order valence-corrected chi connectivity index (χ1v) is 10.6. The second kappa shape index (κ2) is 9.09. The minimum absolute atomic E-state index is 0.160. The third kappa shape index (κ3) is 4.62. The third-order valence-electron chi connectivity index (χ3n) is 5.07. The van der Waals surface area contributed by atoms with E-state index in [0.29, 0.717) is 23.1 Å². The highest BCUT2D eigenvalue weighted by atomic mass is 35.5. The normalized spacial score (nSPS) is 18.7. The van der Waals surface area contributed by atoms with E-state index >= 15 is 0 Å². The van der Waals surface area contributed by atoms with Gasteiger partial charge in [0.15, 0.2) is 0 Å². The van der Waals surface area contributed by atoms with Crippen molar-refractivity contribution < 1.29 is 9.84 Å². The van der Waals surface area contributed by atoms with E-state index in [1.807, 2.05) is 55.5 Å². The molecule has 1 aliphatic heterocycles. The van der Waals surface area contributed by atoms with Crippen molar-refractivity contribution in [2.24, 2.45) is 4.99 Å². The van der Waals surface area contributed by atoms with Gasteiger partial charge in [0, 0.05) is 33.8 Å². The van der Waals surface area contributed by atoms with E-state index in [1.54, 1.807) is 18.2 Å². The molecule has 2 unspecified atom stereocenters. The number of aromatic hydroxyl groups is 1. The van der Waals surface area contributed by atoms with Gasteiger partial charge in [-0.1, -0.05) is 35.3 Å². The molecular formula is C24H22Cl2N2O2. The monoisotopic (exact) mass is 440 g/mol. The van der Waals surface area contributed by atoms with E-state index in [1.165, 1.54) is 0 Å². The molecule has 3 aromatic rings. The molecule has 4 nitrogen and oxygen atoms in total. The van der Waals surface area contributed by atoms with Gasteiger partial charge < -0.3 is 9.84 Å². The summed E-state index contributed by atoms with van der Waals surface area (Å²) in [4.78, 5) is 4.96. The van der Waals surface area contributed by atoms with Crippen LogP contribution in [0.1, 0.15) is 42.2 Å². The SMILES string of the molecule is CCOc1ccc(C2=NC(c3cccc(Cl)c3)NC(c3cc(Cl)ccc3O)C2)cc1. The molecule has 0 radical (unpaired) electrons. The van der Waals surface area contributed by atoms with Crippen LogP contribution in [0.2, 0.25) is 10.0 Å². The minimum atomic E-state index is -0.303. The van der Waals surface area contributed by atoms with E-state index in [-0.39, 0.29) is 18.0 Å². The average molecular weight is 441 g/mol. The fourth-order valence-corrected chi connectivity index (χ4v) is 4.02. The molecule has 0 amide bonds. The second-order valence-electron chi connectivity index (χ2n) is 7.12. The van der Waals surface area contributed by atoms with Crippen molar-refractivity contribution in [3.8, 4) is 11.5 Å². The van der Waals surface area contributed by atoms with Crippen LogP contribution in [0.3, 0.4) is 0 Å². The van der Waals surface area contributed by atoms with E-state index in [0.717, 1.165) is 28.2 Å². The summed E-state index contributed by atoms with van der Waals surface area (Å²) in [6, 6.07) is 20.5. The molecule has 0 saturated carbocycles. The highest BCUT2D eigenvalue weighted by molar-refractivity contribution is 6.31. The van der Waals surface area contributed by atoms with Crippen LogP contribution in [-0.4, -0.2) is 17.4 Å². The quantitative estimate of drug-likeness (QED) is 0.487. The van der Waals surface area contributed by atoms with Crippen LogP contribution in [0.5, 0.6) is 11.5 Å². The predicted octanol–water partition coefficient (Wildman–Crippen LogP) is 6.32. The van der Waals surface area contributed by atoms with Crippen molar-refractivity contribution >= 4 is 28.9 Å². The standard InChI is InChI=1S/C24H22Cl2N2O2/c1-2-30-19-9-6-15(7-10-19)21-14-22(20-13-18(26)8-11-23(20)29)28-24(27-21)16-4-3-5-17(25)12-16/h3-13,22,24,28-29H,2,14H2,1H3. The maximum absolute atomic E-state index is 10.5. The van der Waals surface area contributed by atoms with E-state index in [4.69, 9.17) is 32.9 Å². The minimum Gasteiger partial charge on any atom is -0.508 e. The Bertz CT molecular complexity index is 1070. The number of rotatable bonds is 5. The Balaban J connectivity index is 1.73. The molecule has 0 aliphatic carbocycles. The Labute approximate surface area is 186 Å². The number of phenols is 1. The van der Waals surface area contributed by atoms with Crippen molar-refractivity contribution in [2.75, 3.05) is 6.61 Å². The zero-order chi connectivity index (χ0) is 21.1. The van der Waals surface area contributed by atoms with Crippen molar-refractivity contribution in [3.63, 3.8) is 0 Å². The number of halogens is 2. The summed E-state index contributed by atoms with van der Waals surface area (Å²) < 4.78 is 5.56.